The monoisotopic (exact) mass is 347 g/mol. The van der Waals surface area contributed by atoms with Gasteiger partial charge in [0, 0.05) is 18.0 Å². The summed E-state index contributed by atoms with van der Waals surface area (Å²) in [5, 5.41) is 11.7. The summed E-state index contributed by atoms with van der Waals surface area (Å²) in [6.07, 6.45) is 1.85. The Morgan fingerprint density at radius 3 is 2.75 bits per heavy atom. The van der Waals surface area contributed by atoms with E-state index in [0.717, 1.165) is 5.56 Å². The molecule has 0 aliphatic heterocycles. The molecule has 1 amide bonds. The molecule has 24 heavy (non-hydrogen) atoms. The van der Waals surface area contributed by atoms with E-state index in [9.17, 15) is 9.59 Å². The molecule has 1 heterocycles. The quantitative estimate of drug-likeness (QED) is 0.834. The second-order valence-electron chi connectivity index (χ2n) is 5.63. The van der Waals surface area contributed by atoms with Gasteiger partial charge in [-0.2, -0.15) is 0 Å². The SMILES string of the molecule is CC(C)c1ncc(Cl)c(C(=O)Nc2cccc(CCC(=O)O)c2)n1. The lowest BCUT2D eigenvalue weighted by atomic mass is 10.1. The van der Waals surface area contributed by atoms with Crippen LogP contribution in [0.3, 0.4) is 0 Å². The van der Waals surface area contributed by atoms with Gasteiger partial charge in [0.05, 0.1) is 11.2 Å². The highest BCUT2D eigenvalue weighted by atomic mass is 35.5. The Kier molecular flexibility index (Phi) is 5.87. The number of carbonyl (C=O) groups is 2. The van der Waals surface area contributed by atoms with Crippen LogP contribution in [0.4, 0.5) is 5.69 Å². The molecule has 0 unspecified atom stereocenters. The van der Waals surface area contributed by atoms with Gasteiger partial charge in [0.25, 0.3) is 5.91 Å². The number of carboxylic acids is 1. The van der Waals surface area contributed by atoms with Gasteiger partial charge < -0.3 is 10.4 Å². The fourth-order valence-electron chi connectivity index (χ4n) is 2.06. The summed E-state index contributed by atoms with van der Waals surface area (Å²) in [5.74, 6) is -0.675. The molecule has 0 atom stereocenters. The van der Waals surface area contributed by atoms with Gasteiger partial charge in [-0.3, -0.25) is 9.59 Å². The van der Waals surface area contributed by atoms with Crippen molar-refractivity contribution >= 4 is 29.2 Å². The second kappa shape index (κ2) is 7.88. The Morgan fingerprint density at radius 2 is 2.08 bits per heavy atom. The van der Waals surface area contributed by atoms with Crippen molar-refractivity contribution < 1.29 is 14.7 Å². The molecule has 126 valence electrons. The van der Waals surface area contributed by atoms with Crippen LogP contribution in [0.2, 0.25) is 5.02 Å². The number of anilines is 1. The number of halogens is 1. The summed E-state index contributed by atoms with van der Waals surface area (Å²) in [7, 11) is 0. The van der Waals surface area contributed by atoms with E-state index in [4.69, 9.17) is 16.7 Å². The third-order valence-electron chi connectivity index (χ3n) is 3.31. The minimum atomic E-state index is -0.863. The first-order valence-electron chi connectivity index (χ1n) is 7.51. The van der Waals surface area contributed by atoms with Crippen molar-refractivity contribution in [3.05, 3.63) is 52.6 Å². The summed E-state index contributed by atoms with van der Waals surface area (Å²) >= 11 is 6.03. The zero-order valence-electron chi connectivity index (χ0n) is 13.4. The largest absolute Gasteiger partial charge is 0.481 e. The second-order valence-corrected chi connectivity index (χ2v) is 6.03. The molecule has 0 bridgehead atoms. The third-order valence-corrected chi connectivity index (χ3v) is 3.58. The standard InChI is InChI=1S/C17H18ClN3O3/c1-10(2)16-19-9-13(18)15(21-16)17(24)20-12-5-3-4-11(8-12)6-7-14(22)23/h3-5,8-10H,6-7H2,1-2H3,(H,20,24)(H,22,23). The zero-order chi connectivity index (χ0) is 17.7. The van der Waals surface area contributed by atoms with E-state index < -0.39 is 11.9 Å². The molecule has 2 N–H and O–H groups in total. The van der Waals surface area contributed by atoms with Crippen LogP contribution in [-0.2, 0) is 11.2 Å². The maximum Gasteiger partial charge on any atom is 0.303 e. The topological polar surface area (TPSA) is 92.2 Å². The summed E-state index contributed by atoms with van der Waals surface area (Å²) in [6, 6.07) is 7.03. The van der Waals surface area contributed by atoms with Crippen molar-refractivity contribution in [2.75, 3.05) is 5.32 Å². The van der Waals surface area contributed by atoms with Crippen molar-refractivity contribution in [2.45, 2.75) is 32.6 Å². The number of hydrogen-bond acceptors (Lipinski definition) is 4. The maximum atomic E-state index is 12.4. The van der Waals surface area contributed by atoms with E-state index in [1.807, 2.05) is 19.9 Å². The Labute approximate surface area is 144 Å². The number of benzene rings is 1. The Hall–Kier alpha value is -2.47. The number of aliphatic carboxylic acids is 1. The predicted molar refractivity (Wildman–Crippen MR) is 91.5 cm³/mol. The van der Waals surface area contributed by atoms with E-state index >= 15 is 0 Å². The Bertz CT molecular complexity index is 762. The average molecular weight is 348 g/mol. The van der Waals surface area contributed by atoms with Crippen molar-refractivity contribution in [1.82, 2.24) is 9.97 Å². The molecule has 2 rings (SSSR count). The first-order chi connectivity index (χ1) is 11.4. The van der Waals surface area contributed by atoms with Crippen LogP contribution in [0.15, 0.2) is 30.5 Å². The molecule has 1 aromatic heterocycles. The van der Waals surface area contributed by atoms with E-state index in [0.29, 0.717) is 17.9 Å². The van der Waals surface area contributed by atoms with Crippen LogP contribution >= 0.6 is 11.6 Å². The van der Waals surface area contributed by atoms with Gasteiger partial charge in [-0.1, -0.05) is 37.6 Å². The molecule has 0 saturated carbocycles. The number of carboxylic acid groups (broad SMARTS) is 1. The van der Waals surface area contributed by atoms with Crippen molar-refractivity contribution in [1.29, 1.82) is 0 Å². The van der Waals surface area contributed by atoms with Gasteiger partial charge in [0.15, 0.2) is 5.69 Å². The average Bonchev–Trinajstić information content (AvgIpc) is 2.53. The Balaban J connectivity index is 2.16. The lowest BCUT2D eigenvalue weighted by molar-refractivity contribution is -0.136. The molecule has 0 aliphatic rings. The van der Waals surface area contributed by atoms with Crippen LogP contribution in [0.1, 0.15) is 48.1 Å². The fraction of sp³-hybridized carbons (Fsp3) is 0.294. The molecule has 0 radical (unpaired) electrons. The predicted octanol–water partition coefficient (Wildman–Crippen LogP) is 3.52. The number of nitrogens with zero attached hydrogens (tertiary/aromatic N) is 2. The number of carbonyl (C=O) groups excluding carboxylic acids is 1. The number of aromatic nitrogens is 2. The normalized spacial score (nSPS) is 10.7. The molecular weight excluding hydrogens is 330 g/mol. The third kappa shape index (κ3) is 4.76. The molecule has 2 aromatic rings. The van der Waals surface area contributed by atoms with Gasteiger partial charge in [-0.25, -0.2) is 9.97 Å². The first-order valence-corrected chi connectivity index (χ1v) is 7.89. The van der Waals surface area contributed by atoms with Crippen LogP contribution in [0, 0.1) is 0 Å². The molecular formula is C17H18ClN3O3. The highest BCUT2D eigenvalue weighted by Crippen LogP contribution is 2.19. The van der Waals surface area contributed by atoms with Crippen LogP contribution in [0.5, 0.6) is 0 Å². The van der Waals surface area contributed by atoms with Crippen molar-refractivity contribution in [3.63, 3.8) is 0 Å². The van der Waals surface area contributed by atoms with Crippen molar-refractivity contribution in [2.24, 2.45) is 0 Å². The number of amides is 1. The summed E-state index contributed by atoms with van der Waals surface area (Å²) in [5.41, 5.74) is 1.50. The molecule has 6 nitrogen and oxygen atoms in total. The van der Waals surface area contributed by atoms with Gasteiger partial charge in [0.1, 0.15) is 5.82 Å². The highest BCUT2D eigenvalue weighted by molar-refractivity contribution is 6.33. The molecule has 7 heteroatoms. The summed E-state index contributed by atoms with van der Waals surface area (Å²) in [6.45, 7) is 3.85. The van der Waals surface area contributed by atoms with E-state index in [1.165, 1.54) is 6.20 Å². The highest BCUT2D eigenvalue weighted by Gasteiger charge is 2.16. The number of hydrogen-bond donors (Lipinski definition) is 2. The van der Waals surface area contributed by atoms with Gasteiger partial charge in [-0.05, 0) is 24.1 Å². The zero-order valence-corrected chi connectivity index (χ0v) is 14.2. The lowest BCUT2D eigenvalue weighted by Crippen LogP contribution is -2.16. The number of rotatable bonds is 6. The first kappa shape index (κ1) is 17.9. The van der Waals surface area contributed by atoms with Gasteiger partial charge in [0.2, 0.25) is 0 Å². The number of aryl methyl sites for hydroxylation is 1. The van der Waals surface area contributed by atoms with Crippen LogP contribution in [0.25, 0.3) is 0 Å². The van der Waals surface area contributed by atoms with Crippen LogP contribution < -0.4 is 5.32 Å². The van der Waals surface area contributed by atoms with Gasteiger partial charge >= 0.3 is 5.97 Å². The molecule has 0 fully saturated rings. The van der Waals surface area contributed by atoms with Gasteiger partial charge in [-0.15, -0.1) is 0 Å². The van der Waals surface area contributed by atoms with E-state index in [1.54, 1.807) is 18.2 Å². The molecule has 0 aliphatic carbocycles. The molecule has 1 aromatic carbocycles. The van der Waals surface area contributed by atoms with E-state index in [-0.39, 0.29) is 23.1 Å². The number of nitrogens with one attached hydrogen (secondary N) is 1. The van der Waals surface area contributed by atoms with Crippen molar-refractivity contribution in [3.8, 4) is 0 Å². The minimum Gasteiger partial charge on any atom is -0.481 e. The molecule has 0 spiro atoms. The minimum absolute atomic E-state index is 0.0346. The maximum absolute atomic E-state index is 12.4. The summed E-state index contributed by atoms with van der Waals surface area (Å²) in [4.78, 5) is 31.4. The lowest BCUT2D eigenvalue weighted by Gasteiger charge is -2.10. The Morgan fingerprint density at radius 1 is 1.33 bits per heavy atom. The smallest absolute Gasteiger partial charge is 0.303 e. The van der Waals surface area contributed by atoms with Crippen LogP contribution in [-0.4, -0.2) is 27.0 Å². The fourth-order valence-corrected chi connectivity index (χ4v) is 2.24. The molecule has 0 saturated heterocycles. The van der Waals surface area contributed by atoms with E-state index in [2.05, 4.69) is 15.3 Å². The summed E-state index contributed by atoms with van der Waals surface area (Å²) < 4.78 is 0.